The molecule has 0 aliphatic rings. The first-order valence-corrected chi connectivity index (χ1v) is 4.17. The zero-order valence-corrected chi connectivity index (χ0v) is 8.08. The van der Waals surface area contributed by atoms with Gasteiger partial charge in [0.15, 0.2) is 0 Å². The molecule has 72 valence electrons. The second-order valence-electron chi connectivity index (χ2n) is 3.27. The molecule has 1 atom stereocenters. The minimum absolute atomic E-state index is 0.318. The van der Waals surface area contributed by atoms with Crippen molar-refractivity contribution in [2.75, 3.05) is 19.0 Å². The Balaban J connectivity index is 3.19. The van der Waals surface area contributed by atoms with E-state index in [-0.39, 0.29) is 5.82 Å². The fourth-order valence-electron chi connectivity index (χ4n) is 1.27. The van der Waals surface area contributed by atoms with E-state index in [4.69, 9.17) is 0 Å². The standard InChI is InChI=1S/C10H14FNO/c1-7(13)9-6-8(11)4-5-10(9)12(2)3/h4-7,13H,1-3H3. The summed E-state index contributed by atoms with van der Waals surface area (Å²) in [5.41, 5.74) is 1.46. The number of aliphatic hydroxyl groups excluding tert-OH is 1. The molecule has 0 bridgehead atoms. The molecular weight excluding hydrogens is 169 g/mol. The molecule has 0 saturated heterocycles. The minimum Gasteiger partial charge on any atom is -0.389 e. The van der Waals surface area contributed by atoms with Crippen molar-refractivity contribution in [3.63, 3.8) is 0 Å². The molecule has 0 saturated carbocycles. The summed E-state index contributed by atoms with van der Waals surface area (Å²) < 4.78 is 12.8. The lowest BCUT2D eigenvalue weighted by atomic mass is 10.1. The summed E-state index contributed by atoms with van der Waals surface area (Å²) in [6, 6.07) is 4.42. The maximum atomic E-state index is 12.8. The maximum Gasteiger partial charge on any atom is 0.123 e. The van der Waals surface area contributed by atoms with Gasteiger partial charge in [0.25, 0.3) is 0 Å². The lowest BCUT2D eigenvalue weighted by molar-refractivity contribution is 0.199. The number of rotatable bonds is 2. The van der Waals surface area contributed by atoms with Crippen LogP contribution in [0, 0.1) is 5.82 Å². The number of benzene rings is 1. The largest absolute Gasteiger partial charge is 0.389 e. The van der Waals surface area contributed by atoms with Crippen molar-refractivity contribution in [3.8, 4) is 0 Å². The van der Waals surface area contributed by atoms with E-state index >= 15 is 0 Å². The van der Waals surface area contributed by atoms with Crippen LogP contribution in [0.1, 0.15) is 18.6 Å². The summed E-state index contributed by atoms with van der Waals surface area (Å²) >= 11 is 0. The molecule has 13 heavy (non-hydrogen) atoms. The van der Waals surface area contributed by atoms with Crippen LogP contribution in [0.4, 0.5) is 10.1 Å². The predicted molar refractivity (Wildman–Crippen MR) is 51.4 cm³/mol. The van der Waals surface area contributed by atoms with Gasteiger partial charge in [0.05, 0.1) is 6.10 Å². The molecule has 1 aromatic rings. The zero-order valence-electron chi connectivity index (χ0n) is 8.08. The van der Waals surface area contributed by atoms with Crippen LogP contribution in [0.5, 0.6) is 0 Å². The Hall–Kier alpha value is -1.09. The van der Waals surface area contributed by atoms with E-state index in [1.165, 1.54) is 12.1 Å². The molecule has 0 heterocycles. The number of hydrogen-bond donors (Lipinski definition) is 1. The van der Waals surface area contributed by atoms with Gasteiger partial charge >= 0.3 is 0 Å². The second-order valence-corrected chi connectivity index (χ2v) is 3.27. The Morgan fingerprint density at radius 3 is 2.46 bits per heavy atom. The first-order valence-electron chi connectivity index (χ1n) is 4.17. The monoisotopic (exact) mass is 183 g/mol. The van der Waals surface area contributed by atoms with Gasteiger partial charge in [-0.2, -0.15) is 0 Å². The molecule has 0 aliphatic carbocycles. The first kappa shape index (κ1) is 9.99. The molecule has 2 nitrogen and oxygen atoms in total. The summed E-state index contributed by atoms with van der Waals surface area (Å²) in [7, 11) is 3.72. The second kappa shape index (κ2) is 3.75. The van der Waals surface area contributed by atoms with Gasteiger partial charge in [-0.15, -0.1) is 0 Å². The molecule has 0 radical (unpaired) electrons. The fourth-order valence-corrected chi connectivity index (χ4v) is 1.27. The van der Waals surface area contributed by atoms with Crippen LogP contribution < -0.4 is 4.90 Å². The highest BCUT2D eigenvalue weighted by molar-refractivity contribution is 5.53. The number of anilines is 1. The van der Waals surface area contributed by atoms with Gasteiger partial charge in [0.1, 0.15) is 5.82 Å². The van der Waals surface area contributed by atoms with Gasteiger partial charge in [0, 0.05) is 25.3 Å². The van der Waals surface area contributed by atoms with E-state index in [1.807, 2.05) is 19.0 Å². The first-order chi connectivity index (χ1) is 6.02. The lowest BCUT2D eigenvalue weighted by Gasteiger charge is -2.18. The summed E-state index contributed by atoms with van der Waals surface area (Å²) in [5.74, 6) is -0.318. The quantitative estimate of drug-likeness (QED) is 0.757. The number of halogens is 1. The van der Waals surface area contributed by atoms with Crippen LogP contribution in [0.2, 0.25) is 0 Å². The molecule has 0 aliphatic heterocycles. The molecular formula is C10H14FNO. The highest BCUT2D eigenvalue weighted by Crippen LogP contribution is 2.25. The van der Waals surface area contributed by atoms with E-state index in [9.17, 15) is 9.50 Å². The van der Waals surface area contributed by atoms with E-state index < -0.39 is 6.10 Å². The highest BCUT2D eigenvalue weighted by Gasteiger charge is 2.10. The Morgan fingerprint density at radius 2 is 2.00 bits per heavy atom. The molecule has 3 heteroatoms. The Kier molecular flexibility index (Phi) is 2.88. The molecule has 0 fully saturated rings. The third kappa shape index (κ3) is 2.18. The van der Waals surface area contributed by atoms with Crippen LogP contribution in [-0.4, -0.2) is 19.2 Å². The van der Waals surface area contributed by atoms with Crippen molar-refractivity contribution in [2.45, 2.75) is 13.0 Å². The maximum absolute atomic E-state index is 12.8. The van der Waals surface area contributed by atoms with Crippen LogP contribution in [0.15, 0.2) is 18.2 Å². The van der Waals surface area contributed by atoms with Crippen LogP contribution in [0.3, 0.4) is 0 Å². The lowest BCUT2D eigenvalue weighted by Crippen LogP contribution is -2.12. The fraction of sp³-hybridized carbons (Fsp3) is 0.400. The Labute approximate surface area is 77.6 Å². The summed E-state index contributed by atoms with van der Waals surface area (Å²) in [5, 5.41) is 9.38. The Bertz CT molecular complexity index is 297. The third-order valence-electron chi connectivity index (χ3n) is 1.92. The molecule has 1 N–H and O–H groups in total. The van der Waals surface area contributed by atoms with Crippen LogP contribution in [-0.2, 0) is 0 Å². The number of nitrogens with zero attached hydrogens (tertiary/aromatic N) is 1. The van der Waals surface area contributed by atoms with Crippen molar-refractivity contribution in [2.24, 2.45) is 0 Å². The van der Waals surface area contributed by atoms with Crippen molar-refractivity contribution in [3.05, 3.63) is 29.6 Å². The van der Waals surface area contributed by atoms with Gasteiger partial charge < -0.3 is 10.0 Å². The van der Waals surface area contributed by atoms with Gasteiger partial charge in [-0.1, -0.05) is 0 Å². The number of aliphatic hydroxyl groups is 1. The summed E-state index contributed by atoms with van der Waals surface area (Å²) in [4.78, 5) is 1.85. The van der Waals surface area contributed by atoms with Crippen LogP contribution >= 0.6 is 0 Å². The molecule has 1 rings (SSSR count). The average Bonchev–Trinajstić information content (AvgIpc) is 2.03. The SMILES string of the molecule is CC(O)c1cc(F)ccc1N(C)C. The predicted octanol–water partition coefficient (Wildman–Crippen LogP) is 1.94. The smallest absolute Gasteiger partial charge is 0.123 e. The summed E-state index contributed by atoms with van der Waals surface area (Å²) in [6.07, 6.45) is -0.645. The number of hydrogen-bond acceptors (Lipinski definition) is 2. The molecule has 1 unspecified atom stereocenters. The van der Waals surface area contributed by atoms with E-state index in [1.54, 1.807) is 13.0 Å². The third-order valence-corrected chi connectivity index (χ3v) is 1.92. The van der Waals surface area contributed by atoms with E-state index in [2.05, 4.69) is 0 Å². The molecule has 0 amide bonds. The summed E-state index contributed by atoms with van der Waals surface area (Å²) in [6.45, 7) is 1.63. The van der Waals surface area contributed by atoms with Gasteiger partial charge in [-0.3, -0.25) is 0 Å². The van der Waals surface area contributed by atoms with E-state index in [0.717, 1.165) is 5.69 Å². The normalized spacial score (nSPS) is 12.7. The van der Waals surface area contributed by atoms with Gasteiger partial charge in [-0.05, 0) is 25.1 Å². The average molecular weight is 183 g/mol. The zero-order chi connectivity index (χ0) is 10.0. The molecule has 0 aromatic heterocycles. The van der Waals surface area contributed by atoms with Crippen molar-refractivity contribution < 1.29 is 9.50 Å². The topological polar surface area (TPSA) is 23.5 Å². The van der Waals surface area contributed by atoms with Crippen molar-refractivity contribution in [1.82, 2.24) is 0 Å². The van der Waals surface area contributed by atoms with Gasteiger partial charge in [0.2, 0.25) is 0 Å². The molecule has 1 aromatic carbocycles. The minimum atomic E-state index is -0.645. The van der Waals surface area contributed by atoms with Crippen molar-refractivity contribution in [1.29, 1.82) is 0 Å². The van der Waals surface area contributed by atoms with Crippen molar-refractivity contribution >= 4 is 5.69 Å². The molecule has 0 spiro atoms. The highest BCUT2D eigenvalue weighted by atomic mass is 19.1. The van der Waals surface area contributed by atoms with Gasteiger partial charge in [-0.25, -0.2) is 4.39 Å². The van der Waals surface area contributed by atoms with Crippen LogP contribution in [0.25, 0.3) is 0 Å². The van der Waals surface area contributed by atoms with E-state index in [0.29, 0.717) is 5.56 Å². The Morgan fingerprint density at radius 1 is 1.38 bits per heavy atom.